The van der Waals surface area contributed by atoms with Gasteiger partial charge in [-0.05, 0) is 18.1 Å². The molecular formula is C16H18BN5O5. The summed E-state index contributed by atoms with van der Waals surface area (Å²) in [4.78, 5) is 23.6. The quantitative estimate of drug-likeness (QED) is 0.481. The van der Waals surface area contributed by atoms with Gasteiger partial charge in [0.1, 0.15) is 12.3 Å². The molecule has 0 aliphatic carbocycles. The van der Waals surface area contributed by atoms with Crippen molar-refractivity contribution in [1.82, 2.24) is 25.6 Å². The number of benzene rings is 1. The number of carbonyl (C=O) groups excluding carboxylic acids is 1. The number of para-hydroxylation sites is 1. The zero-order chi connectivity index (χ0) is 19.0. The molecule has 2 aliphatic heterocycles. The molecule has 3 heterocycles. The molecule has 11 heteroatoms. The van der Waals surface area contributed by atoms with Crippen LogP contribution in [-0.2, 0) is 17.8 Å². The standard InChI is InChI=1S/C16H18BN5O5/c23-14(8-22-7-12(20-21-22)10-5-18-6-10)19-13-4-9-2-1-3-11(16(24)25)15(9)27-17(13)26/h1-3,7,10,13,18,26H,4-6,8H2,(H,19,23)(H,24,25). The van der Waals surface area contributed by atoms with Gasteiger partial charge in [-0.15, -0.1) is 5.10 Å². The molecule has 2 aromatic rings. The Morgan fingerprint density at radius 2 is 2.22 bits per heavy atom. The monoisotopic (exact) mass is 371 g/mol. The summed E-state index contributed by atoms with van der Waals surface area (Å²) in [5.41, 5.74) is 1.45. The fourth-order valence-corrected chi connectivity index (χ4v) is 3.19. The zero-order valence-electron chi connectivity index (χ0n) is 14.3. The number of nitrogens with one attached hydrogen (secondary N) is 2. The number of rotatable bonds is 5. The van der Waals surface area contributed by atoms with Crippen molar-refractivity contribution in [3.8, 4) is 5.75 Å². The van der Waals surface area contributed by atoms with Gasteiger partial charge in [0.15, 0.2) is 0 Å². The van der Waals surface area contributed by atoms with Gasteiger partial charge in [0.05, 0.1) is 17.2 Å². The molecule has 0 saturated carbocycles. The lowest BCUT2D eigenvalue weighted by Crippen LogP contribution is -2.53. The van der Waals surface area contributed by atoms with E-state index < -0.39 is 19.0 Å². The van der Waals surface area contributed by atoms with Crippen LogP contribution in [0.5, 0.6) is 5.75 Å². The van der Waals surface area contributed by atoms with Crippen LogP contribution < -0.4 is 15.3 Å². The SMILES string of the molecule is O=C(Cn1cc(C2CNC2)nn1)NC1Cc2cccc(C(=O)O)c2OB1O. The number of carbonyl (C=O) groups is 2. The first-order valence-electron chi connectivity index (χ1n) is 8.61. The van der Waals surface area contributed by atoms with Crippen molar-refractivity contribution in [1.29, 1.82) is 0 Å². The predicted octanol–water partition coefficient (Wildman–Crippen LogP) is -1.20. The molecule has 10 nitrogen and oxygen atoms in total. The molecule has 4 N–H and O–H groups in total. The number of carboxylic acids is 1. The Labute approximate surface area is 154 Å². The molecule has 1 atom stereocenters. The maximum Gasteiger partial charge on any atom is 0.547 e. The van der Waals surface area contributed by atoms with Crippen LogP contribution in [-0.4, -0.2) is 63.2 Å². The third-order valence-corrected chi connectivity index (χ3v) is 4.76. The number of aromatic carboxylic acids is 1. The van der Waals surface area contributed by atoms with E-state index in [1.165, 1.54) is 10.7 Å². The van der Waals surface area contributed by atoms with Crippen molar-refractivity contribution >= 4 is 19.0 Å². The van der Waals surface area contributed by atoms with E-state index >= 15 is 0 Å². The van der Waals surface area contributed by atoms with E-state index in [9.17, 15) is 19.7 Å². The van der Waals surface area contributed by atoms with Crippen molar-refractivity contribution < 1.29 is 24.4 Å². The minimum absolute atomic E-state index is 0.0167. The molecule has 1 fully saturated rings. The van der Waals surface area contributed by atoms with Crippen LogP contribution in [0.4, 0.5) is 0 Å². The maximum absolute atomic E-state index is 12.3. The Balaban J connectivity index is 1.40. The molecule has 1 amide bonds. The van der Waals surface area contributed by atoms with Gasteiger partial charge in [-0.1, -0.05) is 17.3 Å². The normalized spacial score (nSPS) is 19.0. The second kappa shape index (κ2) is 7.01. The van der Waals surface area contributed by atoms with Crippen LogP contribution >= 0.6 is 0 Å². The van der Waals surface area contributed by atoms with Gasteiger partial charge in [0.2, 0.25) is 5.91 Å². The molecule has 0 radical (unpaired) electrons. The number of hydrogen-bond acceptors (Lipinski definition) is 7. The number of amides is 1. The van der Waals surface area contributed by atoms with E-state index in [0.29, 0.717) is 11.5 Å². The fraction of sp³-hybridized carbons (Fsp3) is 0.375. The molecule has 27 heavy (non-hydrogen) atoms. The van der Waals surface area contributed by atoms with E-state index in [1.54, 1.807) is 18.3 Å². The van der Waals surface area contributed by atoms with Gasteiger partial charge in [-0.2, -0.15) is 0 Å². The van der Waals surface area contributed by atoms with Crippen LogP contribution in [0.25, 0.3) is 0 Å². The van der Waals surface area contributed by atoms with Crippen molar-refractivity contribution in [3.63, 3.8) is 0 Å². The second-order valence-corrected chi connectivity index (χ2v) is 6.68. The van der Waals surface area contributed by atoms with Gasteiger partial charge in [-0.3, -0.25) is 4.79 Å². The van der Waals surface area contributed by atoms with Gasteiger partial charge < -0.3 is 25.4 Å². The highest BCUT2D eigenvalue weighted by molar-refractivity contribution is 6.47. The van der Waals surface area contributed by atoms with E-state index in [-0.39, 0.29) is 30.2 Å². The Kier molecular flexibility index (Phi) is 4.54. The van der Waals surface area contributed by atoms with Crippen LogP contribution in [0, 0.1) is 0 Å². The largest absolute Gasteiger partial charge is 0.547 e. The molecule has 140 valence electrons. The lowest BCUT2D eigenvalue weighted by atomic mass is 9.72. The van der Waals surface area contributed by atoms with Crippen molar-refractivity contribution in [2.75, 3.05) is 13.1 Å². The Hall–Kier alpha value is -2.92. The highest BCUT2D eigenvalue weighted by Crippen LogP contribution is 2.30. The molecule has 0 bridgehead atoms. The predicted molar refractivity (Wildman–Crippen MR) is 93.3 cm³/mol. The summed E-state index contributed by atoms with van der Waals surface area (Å²) in [6, 6.07) is 4.73. The third-order valence-electron chi connectivity index (χ3n) is 4.76. The van der Waals surface area contributed by atoms with E-state index in [1.807, 2.05) is 0 Å². The summed E-state index contributed by atoms with van der Waals surface area (Å²) in [7, 11) is -1.34. The van der Waals surface area contributed by atoms with E-state index in [4.69, 9.17) is 4.65 Å². The summed E-state index contributed by atoms with van der Waals surface area (Å²) in [5.74, 6) is -1.70. The summed E-state index contributed by atoms with van der Waals surface area (Å²) >= 11 is 0. The lowest BCUT2D eigenvalue weighted by Gasteiger charge is -2.28. The lowest BCUT2D eigenvalue weighted by molar-refractivity contribution is -0.122. The van der Waals surface area contributed by atoms with Gasteiger partial charge in [-0.25, -0.2) is 9.48 Å². The Morgan fingerprint density at radius 1 is 1.41 bits per heavy atom. The molecule has 1 aromatic carbocycles. The third kappa shape index (κ3) is 3.51. The van der Waals surface area contributed by atoms with Crippen molar-refractivity contribution in [2.45, 2.75) is 24.8 Å². The highest BCUT2D eigenvalue weighted by Gasteiger charge is 2.37. The molecular weight excluding hydrogens is 353 g/mol. The summed E-state index contributed by atoms with van der Waals surface area (Å²) in [6.45, 7) is 1.68. The van der Waals surface area contributed by atoms with Crippen LogP contribution in [0.1, 0.15) is 27.5 Å². The average Bonchev–Trinajstić information content (AvgIpc) is 3.00. The van der Waals surface area contributed by atoms with E-state index in [2.05, 4.69) is 20.9 Å². The summed E-state index contributed by atoms with van der Waals surface area (Å²) in [5, 5.41) is 33.3. The first kappa shape index (κ1) is 17.5. The van der Waals surface area contributed by atoms with Gasteiger partial charge in [0.25, 0.3) is 0 Å². The minimum Gasteiger partial charge on any atom is -0.534 e. The maximum atomic E-state index is 12.3. The van der Waals surface area contributed by atoms with Gasteiger partial charge >= 0.3 is 13.1 Å². The smallest absolute Gasteiger partial charge is 0.534 e. The number of aromatic nitrogens is 3. The molecule has 1 saturated heterocycles. The Bertz CT molecular complexity index is 884. The fourth-order valence-electron chi connectivity index (χ4n) is 3.19. The number of carboxylic acid groups (broad SMARTS) is 1. The van der Waals surface area contributed by atoms with Crippen LogP contribution in [0.2, 0.25) is 0 Å². The number of nitrogens with zero attached hydrogens (tertiary/aromatic N) is 3. The molecule has 0 spiro atoms. The molecule has 2 aliphatic rings. The van der Waals surface area contributed by atoms with Gasteiger partial charge in [0, 0.05) is 25.2 Å². The summed E-state index contributed by atoms with van der Waals surface area (Å²) < 4.78 is 6.82. The zero-order valence-corrected chi connectivity index (χ0v) is 14.3. The second-order valence-electron chi connectivity index (χ2n) is 6.68. The first-order valence-corrected chi connectivity index (χ1v) is 8.61. The van der Waals surface area contributed by atoms with Crippen LogP contribution in [0.15, 0.2) is 24.4 Å². The Morgan fingerprint density at radius 3 is 2.93 bits per heavy atom. The number of hydrogen-bond donors (Lipinski definition) is 4. The minimum atomic E-state index is -1.34. The van der Waals surface area contributed by atoms with E-state index in [0.717, 1.165) is 18.8 Å². The average molecular weight is 371 g/mol. The van der Waals surface area contributed by atoms with Crippen molar-refractivity contribution in [2.24, 2.45) is 0 Å². The summed E-state index contributed by atoms with van der Waals surface area (Å²) in [6.07, 6.45) is 2.01. The number of fused-ring (bicyclic) bond motifs is 1. The molecule has 1 unspecified atom stereocenters. The highest BCUT2D eigenvalue weighted by atomic mass is 16.5. The topological polar surface area (TPSA) is 139 Å². The first-order chi connectivity index (χ1) is 13.0. The van der Waals surface area contributed by atoms with Crippen molar-refractivity contribution in [3.05, 3.63) is 41.2 Å². The van der Waals surface area contributed by atoms with Crippen LogP contribution in [0.3, 0.4) is 0 Å². The molecule has 4 rings (SSSR count). The molecule has 1 aromatic heterocycles.